The van der Waals surface area contributed by atoms with Crippen LogP contribution in [-0.2, 0) is 12.8 Å². The van der Waals surface area contributed by atoms with Crippen molar-refractivity contribution in [2.45, 2.75) is 19.3 Å². The summed E-state index contributed by atoms with van der Waals surface area (Å²) in [5.74, 6) is 1.05. The van der Waals surface area contributed by atoms with Gasteiger partial charge in [0.25, 0.3) is 0 Å². The molecule has 0 spiro atoms. The molecular formula is C15H17N3. The van der Waals surface area contributed by atoms with Gasteiger partial charge in [0.1, 0.15) is 12.1 Å². The second-order valence-corrected chi connectivity index (χ2v) is 4.93. The van der Waals surface area contributed by atoms with Crippen LogP contribution in [0.1, 0.15) is 17.5 Å². The van der Waals surface area contributed by atoms with E-state index in [2.05, 4.69) is 39.1 Å². The Morgan fingerprint density at radius 2 is 1.89 bits per heavy atom. The number of aromatic nitrogens is 2. The predicted octanol–water partition coefficient (Wildman–Crippen LogP) is 2.70. The molecule has 0 fully saturated rings. The summed E-state index contributed by atoms with van der Waals surface area (Å²) in [5.41, 5.74) is 5.07. The lowest BCUT2D eigenvalue weighted by Gasteiger charge is -2.17. The SMILES string of the molecule is CN(C)c1ncnc2c1CCCc1ccccc1-2. The number of hydrogen-bond donors (Lipinski definition) is 0. The van der Waals surface area contributed by atoms with Crippen LogP contribution in [0.2, 0.25) is 0 Å². The fourth-order valence-corrected chi connectivity index (χ4v) is 2.68. The van der Waals surface area contributed by atoms with E-state index in [0.29, 0.717) is 0 Å². The number of anilines is 1. The third-order valence-corrected chi connectivity index (χ3v) is 3.49. The molecule has 18 heavy (non-hydrogen) atoms. The van der Waals surface area contributed by atoms with Crippen molar-refractivity contribution in [1.82, 2.24) is 9.97 Å². The standard InChI is InChI=1S/C15H17N3/c1-18(2)15-13-9-5-7-11-6-3-4-8-12(11)14(13)16-10-17-15/h3-4,6,8,10H,5,7,9H2,1-2H3. The number of benzene rings is 1. The average molecular weight is 239 g/mol. The van der Waals surface area contributed by atoms with Crippen LogP contribution >= 0.6 is 0 Å². The second kappa shape index (κ2) is 4.41. The lowest BCUT2D eigenvalue weighted by Crippen LogP contribution is -2.14. The zero-order valence-corrected chi connectivity index (χ0v) is 10.8. The van der Waals surface area contributed by atoms with Gasteiger partial charge in [0, 0.05) is 25.2 Å². The van der Waals surface area contributed by atoms with Crippen LogP contribution in [-0.4, -0.2) is 24.1 Å². The molecule has 0 amide bonds. The highest BCUT2D eigenvalue weighted by Crippen LogP contribution is 2.33. The number of fused-ring (bicyclic) bond motifs is 3. The molecule has 0 radical (unpaired) electrons. The molecular weight excluding hydrogens is 222 g/mol. The average Bonchev–Trinajstić information content (AvgIpc) is 2.57. The van der Waals surface area contributed by atoms with Crippen LogP contribution in [0.15, 0.2) is 30.6 Å². The molecule has 3 rings (SSSR count). The van der Waals surface area contributed by atoms with E-state index in [1.807, 2.05) is 14.1 Å². The fraction of sp³-hybridized carbons (Fsp3) is 0.333. The molecule has 1 aromatic carbocycles. The molecule has 0 atom stereocenters. The van der Waals surface area contributed by atoms with Crippen molar-refractivity contribution >= 4 is 5.82 Å². The molecule has 2 aromatic rings. The molecule has 0 aliphatic heterocycles. The van der Waals surface area contributed by atoms with E-state index in [-0.39, 0.29) is 0 Å². The lowest BCUT2D eigenvalue weighted by molar-refractivity contribution is 0.824. The van der Waals surface area contributed by atoms with Gasteiger partial charge in [0.2, 0.25) is 0 Å². The highest BCUT2D eigenvalue weighted by molar-refractivity contribution is 5.72. The molecule has 1 aliphatic rings. The van der Waals surface area contributed by atoms with Gasteiger partial charge in [0.15, 0.2) is 0 Å². The first kappa shape index (κ1) is 11.2. The summed E-state index contributed by atoms with van der Waals surface area (Å²) < 4.78 is 0. The Morgan fingerprint density at radius 1 is 1.06 bits per heavy atom. The summed E-state index contributed by atoms with van der Waals surface area (Å²) in [7, 11) is 4.08. The van der Waals surface area contributed by atoms with E-state index >= 15 is 0 Å². The van der Waals surface area contributed by atoms with Crippen molar-refractivity contribution in [2.75, 3.05) is 19.0 Å². The quantitative estimate of drug-likeness (QED) is 0.766. The van der Waals surface area contributed by atoms with Crippen LogP contribution < -0.4 is 4.90 Å². The van der Waals surface area contributed by atoms with Gasteiger partial charge in [-0.1, -0.05) is 24.3 Å². The molecule has 0 saturated heterocycles. The fourth-order valence-electron chi connectivity index (χ4n) is 2.68. The molecule has 0 N–H and O–H groups in total. The van der Waals surface area contributed by atoms with Crippen molar-refractivity contribution < 1.29 is 0 Å². The number of aryl methyl sites for hydroxylation is 1. The van der Waals surface area contributed by atoms with Gasteiger partial charge < -0.3 is 4.90 Å². The van der Waals surface area contributed by atoms with Crippen molar-refractivity contribution in [3.63, 3.8) is 0 Å². The Balaban J connectivity index is 2.25. The van der Waals surface area contributed by atoms with Crippen molar-refractivity contribution in [3.05, 3.63) is 41.7 Å². The van der Waals surface area contributed by atoms with Crippen molar-refractivity contribution in [3.8, 4) is 11.3 Å². The van der Waals surface area contributed by atoms with Gasteiger partial charge in [0.05, 0.1) is 5.69 Å². The van der Waals surface area contributed by atoms with Gasteiger partial charge in [-0.25, -0.2) is 9.97 Å². The van der Waals surface area contributed by atoms with Gasteiger partial charge in [-0.2, -0.15) is 0 Å². The van der Waals surface area contributed by atoms with Gasteiger partial charge in [-0.3, -0.25) is 0 Å². The maximum Gasteiger partial charge on any atom is 0.135 e. The molecule has 0 saturated carbocycles. The molecule has 92 valence electrons. The Labute approximate surface area is 108 Å². The van der Waals surface area contributed by atoms with Crippen LogP contribution in [0.4, 0.5) is 5.82 Å². The van der Waals surface area contributed by atoms with Crippen LogP contribution in [0.3, 0.4) is 0 Å². The van der Waals surface area contributed by atoms with Crippen LogP contribution in [0.5, 0.6) is 0 Å². The topological polar surface area (TPSA) is 29.0 Å². The second-order valence-electron chi connectivity index (χ2n) is 4.93. The zero-order chi connectivity index (χ0) is 12.5. The Morgan fingerprint density at radius 3 is 2.72 bits per heavy atom. The molecule has 0 unspecified atom stereocenters. The van der Waals surface area contributed by atoms with E-state index in [0.717, 1.165) is 30.8 Å². The number of rotatable bonds is 1. The third kappa shape index (κ3) is 1.76. The number of nitrogens with zero attached hydrogens (tertiary/aromatic N) is 3. The van der Waals surface area contributed by atoms with E-state index in [4.69, 9.17) is 0 Å². The summed E-state index contributed by atoms with van der Waals surface area (Å²) in [4.78, 5) is 11.0. The van der Waals surface area contributed by atoms with Gasteiger partial charge in [-0.05, 0) is 24.8 Å². The molecule has 3 heteroatoms. The minimum Gasteiger partial charge on any atom is -0.362 e. The first-order valence-electron chi connectivity index (χ1n) is 6.37. The highest BCUT2D eigenvalue weighted by atomic mass is 15.1. The monoisotopic (exact) mass is 239 g/mol. The van der Waals surface area contributed by atoms with Crippen molar-refractivity contribution in [2.24, 2.45) is 0 Å². The molecule has 0 bridgehead atoms. The first-order valence-corrected chi connectivity index (χ1v) is 6.37. The maximum atomic E-state index is 4.53. The van der Waals surface area contributed by atoms with Gasteiger partial charge in [-0.15, -0.1) is 0 Å². The first-order chi connectivity index (χ1) is 8.77. The summed E-state index contributed by atoms with van der Waals surface area (Å²) in [5, 5.41) is 0. The van der Waals surface area contributed by atoms with E-state index in [1.165, 1.54) is 16.7 Å². The maximum absolute atomic E-state index is 4.53. The van der Waals surface area contributed by atoms with E-state index in [1.54, 1.807) is 6.33 Å². The summed E-state index contributed by atoms with van der Waals surface area (Å²) in [6.45, 7) is 0. The van der Waals surface area contributed by atoms with E-state index < -0.39 is 0 Å². The Bertz CT molecular complexity index is 576. The number of hydrogen-bond acceptors (Lipinski definition) is 3. The predicted molar refractivity (Wildman–Crippen MR) is 73.8 cm³/mol. The van der Waals surface area contributed by atoms with Gasteiger partial charge >= 0.3 is 0 Å². The molecule has 1 aliphatic carbocycles. The molecule has 3 nitrogen and oxygen atoms in total. The summed E-state index contributed by atoms with van der Waals surface area (Å²) >= 11 is 0. The molecule has 1 aromatic heterocycles. The Hall–Kier alpha value is -1.90. The minimum absolute atomic E-state index is 1.05. The molecule has 1 heterocycles. The van der Waals surface area contributed by atoms with Crippen LogP contribution in [0.25, 0.3) is 11.3 Å². The largest absolute Gasteiger partial charge is 0.362 e. The lowest BCUT2D eigenvalue weighted by atomic mass is 10.0. The zero-order valence-electron chi connectivity index (χ0n) is 10.8. The summed E-state index contributed by atoms with van der Waals surface area (Å²) in [6, 6.07) is 8.58. The third-order valence-electron chi connectivity index (χ3n) is 3.49. The van der Waals surface area contributed by atoms with Crippen LogP contribution in [0, 0.1) is 0 Å². The minimum atomic E-state index is 1.05. The highest BCUT2D eigenvalue weighted by Gasteiger charge is 2.19. The Kier molecular flexibility index (Phi) is 2.74. The van der Waals surface area contributed by atoms with Crippen molar-refractivity contribution in [1.29, 1.82) is 0 Å². The van der Waals surface area contributed by atoms with E-state index in [9.17, 15) is 0 Å². The summed E-state index contributed by atoms with van der Waals surface area (Å²) in [6.07, 6.45) is 5.02. The normalized spacial score (nSPS) is 13.4. The smallest absolute Gasteiger partial charge is 0.135 e.